The minimum absolute atomic E-state index is 0.202. The van der Waals surface area contributed by atoms with Crippen molar-refractivity contribution in [3.63, 3.8) is 0 Å². The molecule has 0 saturated carbocycles. The average molecular weight is 535 g/mol. The van der Waals surface area contributed by atoms with Gasteiger partial charge in [-0.25, -0.2) is 9.36 Å². The van der Waals surface area contributed by atoms with Crippen LogP contribution in [0.3, 0.4) is 0 Å². The van der Waals surface area contributed by atoms with Crippen molar-refractivity contribution in [2.45, 2.75) is 65.2 Å². The van der Waals surface area contributed by atoms with Gasteiger partial charge in [0.15, 0.2) is 6.23 Å². The van der Waals surface area contributed by atoms with E-state index in [1.807, 2.05) is 6.07 Å². The Labute approximate surface area is 214 Å². The van der Waals surface area contributed by atoms with E-state index in [1.54, 1.807) is 57.2 Å². The molecule has 0 aliphatic carbocycles. The Bertz CT molecular complexity index is 1250. The molecule has 0 amide bonds. The SMILES string of the molecule is Cc1ccn([C@@H]2O[C@H](CO[P@@](=O)(N[C@H](C)C(=O)OC(C)C)Oc3ccccc3)[C@@H](O)[C@@]2(C)C#N)c(=O)n1. The van der Waals surface area contributed by atoms with Gasteiger partial charge in [-0.1, -0.05) is 18.2 Å². The third kappa shape index (κ3) is 6.63. The summed E-state index contributed by atoms with van der Waals surface area (Å²) in [6.45, 7) is 7.39. The number of carbonyl (C=O) groups excluding carboxylic acids is 1. The standard InChI is InChI=1S/C24H31N4O8P/c1-15(2)34-21(30)17(4)27-37(32,36-18-9-7-6-8-10-18)33-13-19-20(29)24(5,14-25)22(35-19)28-12-11-16(3)26-23(28)31/h6-12,15,17,19-20,22,29H,13H2,1-5H3,(H,27,32)/t17-,19-,20-,22-,24-,37+/m1/s1. The number of aromatic nitrogens is 2. The Morgan fingerprint density at radius 1 is 1.32 bits per heavy atom. The molecule has 0 unspecified atom stereocenters. The number of nitriles is 1. The number of hydrogen-bond acceptors (Lipinski definition) is 10. The van der Waals surface area contributed by atoms with Crippen LogP contribution in [-0.4, -0.2) is 51.6 Å². The maximum absolute atomic E-state index is 13.7. The lowest BCUT2D eigenvalue weighted by Gasteiger charge is -2.26. The number of ether oxygens (including phenoxy) is 2. The molecule has 1 aromatic carbocycles. The van der Waals surface area contributed by atoms with Crippen molar-refractivity contribution < 1.29 is 33.0 Å². The van der Waals surface area contributed by atoms with Gasteiger partial charge >= 0.3 is 19.4 Å². The van der Waals surface area contributed by atoms with Crippen LogP contribution >= 0.6 is 7.75 Å². The first-order valence-electron chi connectivity index (χ1n) is 11.7. The second kappa shape index (κ2) is 11.5. The van der Waals surface area contributed by atoms with Crippen molar-refractivity contribution >= 4 is 13.7 Å². The zero-order chi connectivity index (χ0) is 27.4. The lowest BCUT2D eigenvalue weighted by molar-refractivity contribution is -0.149. The lowest BCUT2D eigenvalue weighted by atomic mass is 9.84. The van der Waals surface area contributed by atoms with Crippen molar-refractivity contribution in [3.05, 3.63) is 58.8 Å². The Kier molecular flexibility index (Phi) is 8.89. The topological polar surface area (TPSA) is 162 Å². The van der Waals surface area contributed by atoms with Crippen LogP contribution in [0.25, 0.3) is 0 Å². The second-order valence-electron chi connectivity index (χ2n) is 9.16. The van der Waals surface area contributed by atoms with E-state index in [-0.39, 0.29) is 5.75 Å². The summed E-state index contributed by atoms with van der Waals surface area (Å²) in [4.78, 5) is 28.6. The maximum Gasteiger partial charge on any atom is 0.459 e. The minimum Gasteiger partial charge on any atom is -0.462 e. The monoisotopic (exact) mass is 534 g/mol. The molecule has 6 atom stereocenters. The van der Waals surface area contributed by atoms with Gasteiger partial charge < -0.3 is 19.1 Å². The minimum atomic E-state index is -4.24. The number of benzene rings is 1. The third-order valence-corrected chi connectivity index (χ3v) is 7.32. The molecule has 3 rings (SSSR count). The van der Waals surface area contributed by atoms with E-state index in [1.165, 1.54) is 20.0 Å². The number of nitrogens with zero attached hydrogens (tertiary/aromatic N) is 3. The molecule has 0 spiro atoms. The van der Waals surface area contributed by atoms with Gasteiger partial charge in [0.2, 0.25) is 0 Å². The molecule has 1 fully saturated rings. The summed E-state index contributed by atoms with van der Waals surface area (Å²) in [5, 5.41) is 23.4. The third-order valence-electron chi connectivity index (χ3n) is 5.68. The van der Waals surface area contributed by atoms with Gasteiger partial charge in [0.25, 0.3) is 0 Å². The number of esters is 1. The molecule has 37 heavy (non-hydrogen) atoms. The van der Waals surface area contributed by atoms with Gasteiger partial charge in [-0.3, -0.25) is 13.9 Å². The van der Waals surface area contributed by atoms with Crippen molar-refractivity contribution in [1.82, 2.24) is 14.6 Å². The molecular weight excluding hydrogens is 503 g/mol. The molecule has 1 aliphatic rings. The number of aliphatic hydroxyl groups excluding tert-OH is 1. The largest absolute Gasteiger partial charge is 0.462 e. The van der Waals surface area contributed by atoms with E-state index in [2.05, 4.69) is 10.1 Å². The first kappa shape index (κ1) is 28.5. The fourth-order valence-corrected chi connectivity index (χ4v) is 5.20. The Hall–Kier alpha value is -3.07. The van der Waals surface area contributed by atoms with Crippen LogP contribution in [0.5, 0.6) is 5.75 Å². The predicted octanol–water partition coefficient (Wildman–Crippen LogP) is 2.47. The first-order valence-corrected chi connectivity index (χ1v) is 13.2. The molecule has 13 heteroatoms. The van der Waals surface area contributed by atoms with Crippen molar-refractivity contribution in [3.8, 4) is 11.8 Å². The highest BCUT2D eigenvalue weighted by Gasteiger charge is 2.55. The van der Waals surface area contributed by atoms with Crippen LogP contribution in [-0.2, 0) is 23.4 Å². The van der Waals surface area contributed by atoms with Crippen LogP contribution in [0, 0.1) is 23.7 Å². The van der Waals surface area contributed by atoms with Crippen LogP contribution in [0.4, 0.5) is 0 Å². The fraction of sp³-hybridized carbons (Fsp3) is 0.500. The van der Waals surface area contributed by atoms with E-state index in [4.69, 9.17) is 18.5 Å². The second-order valence-corrected chi connectivity index (χ2v) is 10.9. The van der Waals surface area contributed by atoms with E-state index >= 15 is 0 Å². The molecule has 0 bridgehead atoms. The van der Waals surface area contributed by atoms with Gasteiger partial charge in [0, 0.05) is 11.9 Å². The summed E-state index contributed by atoms with van der Waals surface area (Å²) >= 11 is 0. The lowest BCUT2D eigenvalue weighted by Crippen LogP contribution is -2.40. The Balaban J connectivity index is 1.83. The summed E-state index contributed by atoms with van der Waals surface area (Å²) < 4.78 is 37.0. The van der Waals surface area contributed by atoms with Gasteiger partial charge in [-0.2, -0.15) is 15.3 Å². The average Bonchev–Trinajstić information content (AvgIpc) is 3.08. The molecule has 1 saturated heterocycles. The van der Waals surface area contributed by atoms with Gasteiger partial charge in [-0.15, -0.1) is 0 Å². The maximum atomic E-state index is 13.7. The Morgan fingerprint density at radius 2 is 2.00 bits per heavy atom. The van der Waals surface area contributed by atoms with E-state index in [0.717, 1.165) is 4.57 Å². The number of para-hydroxylation sites is 1. The number of carbonyl (C=O) groups is 1. The quantitative estimate of drug-likeness (QED) is 0.340. The number of rotatable bonds is 10. The van der Waals surface area contributed by atoms with E-state index in [9.17, 15) is 24.5 Å². The fourth-order valence-electron chi connectivity index (χ4n) is 3.70. The van der Waals surface area contributed by atoms with Gasteiger partial charge in [0.1, 0.15) is 29.4 Å². The van der Waals surface area contributed by atoms with E-state index in [0.29, 0.717) is 5.69 Å². The molecule has 200 valence electrons. The van der Waals surface area contributed by atoms with Crippen LogP contribution < -0.4 is 15.3 Å². The summed E-state index contributed by atoms with van der Waals surface area (Å²) in [5.74, 6) is -0.469. The van der Waals surface area contributed by atoms with Gasteiger partial charge in [-0.05, 0) is 52.8 Å². The number of aryl methyl sites for hydroxylation is 1. The smallest absolute Gasteiger partial charge is 0.459 e. The predicted molar refractivity (Wildman–Crippen MR) is 131 cm³/mol. The van der Waals surface area contributed by atoms with Crippen molar-refractivity contribution in [2.24, 2.45) is 5.41 Å². The zero-order valence-corrected chi connectivity index (χ0v) is 22.1. The van der Waals surface area contributed by atoms with E-state index < -0.39 is 62.0 Å². The number of nitrogens with one attached hydrogen (secondary N) is 1. The summed E-state index contributed by atoms with van der Waals surface area (Å²) in [5.41, 5.74) is -1.73. The summed E-state index contributed by atoms with van der Waals surface area (Å²) in [6, 6.07) is 10.7. The molecule has 12 nitrogen and oxygen atoms in total. The van der Waals surface area contributed by atoms with Crippen LogP contribution in [0.1, 0.15) is 39.6 Å². The molecule has 2 N–H and O–H groups in total. The van der Waals surface area contributed by atoms with Crippen molar-refractivity contribution in [2.75, 3.05) is 6.61 Å². The van der Waals surface area contributed by atoms with Crippen LogP contribution in [0.2, 0.25) is 0 Å². The highest BCUT2D eigenvalue weighted by molar-refractivity contribution is 7.52. The van der Waals surface area contributed by atoms with Crippen LogP contribution in [0.15, 0.2) is 47.4 Å². The molecular formula is C24H31N4O8P. The molecule has 1 aliphatic heterocycles. The highest BCUT2D eigenvalue weighted by Crippen LogP contribution is 2.48. The highest BCUT2D eigenvalue weighted by atomic mass is 31.2. The molecule has 2 heterocycles. The summed E-state index contributed by atoms with van der Waals surface area (Å²) in [6.07, 6.45) is -2.76. The van der Waals surface area contributed by atoms with Gasteiger partial charge in [0.05, 0.1) is 18.8 Å². The zero-order valence-electron chi connectivity index (χ0n) is 21.2. The Morgan fingerprint density at radius 3 is 2.59 bits per heavy atom. The number of hydrogen-bond donors (Lipinski definition) is 2. The van der Waals surface area contributed by atoms with Crippen molar-refractivity contribution in [1.29, 1.82) is 5.26 Å². The molecule has 2 aromatic rings. The molecule has 1 aromatic heterocycles. The molecule has 0 radical (unpaired) electrons. The number of aliphatic hydroxyl groups is 1. The first-order chi connectivity index (χ1) is 17.4. The summed E-state index contributed by atoms with van der Waals surface area (Å²) in [7, 11) is -4.24. The normalized spacial score (nSPS) is 25.7.